The molecular formula is C17H30N2S. The lowest BCUT2D eigenvalue weighted by Crippen LogP contribution is -2.51. The Morgan fingerprint density at radius 3 is 2.90 bits per heavy atom. The van der Waals surface area contributed by atoms with E-state index in [-0.39, 0.29) is 0 Å². The second kappa shape index (κ2) is 7.06. The summed E-state index contributed by atoms with van der Waals surface area (Å²) in [6.45, 7) is 7.24. The first-order valence-electron chi connectivity index (χ1n) is 7.91. The maximum atomic E-state index is 3.59. The van der Waals surface area contributed by atoms with Crippen LogP contribution in [0.1, 0.15) is 38.0 Å². The van der Waals surface area contributed by atoms with Crippen molar-refractivity contribution >= 4 is 11.3 Å². The van der Waals surface area contributed by atoms with Crippen LogP contribution in [0.2, 0.25) is 0 Å². The van der Waals surface area contributed by atoms with E-state index >= 15 is 0 Å². The maximum absolute atomic E-state index is 3.59. The van der Waals surface area contributed by atoms with Gasteiger partial charge in [0, 0.05) is 24.0 Å². The minimum atomic E-state index is 0.437. The third-order valence-corrected chi connectivity index (χ3v) is 5.82. The van der Waals surface area contributed by atoms with Crippen LogP contribution in [0.15, 0.2) is 17.5 Å². The molecule has 0 radical (unpaired) electrons. The van der Waals surface area contributed by atoms with Gasteiger partial charge in [-0.3, -0.25) is 0 Å². The van der Waals surface area contributed by atoms with Crippen LogP contribution in [0.3, 0.4) is 0 Å². The molecule has 0 spiro atoms. The zero-order valence-corrected chi connectivity index (χ0v) is 14.3. The van der Waals surface area contributed by atoms with Crippen LogP contribution < -0.4 is 5.32 Å². The third-order valence-electron chi connectivity index (χ3n) is 4.89. The van der Waals surface area contributed by atoms with Crippen molar-refractivity contribution in [3.8, 4) is 0 Å². The Bertz CT molecular complexity index is 386. The lowest BCUT2D eigenvalue weighted by Gasteiger charge is -2.45. The number of hydrogen-bond acceptors (Lipinski definition) is 3. The van der Waals surface area contributed by atoms with E-state index in [1.54, 1.807) is 0 Å². The van der Waals surface area contributed by atoms with E-state index in [1.165, 1.54) is 43.6 Å². The SMILES string of the molecule is CNC1C(CN(C)CCc2cccs2)CCCC1(C)C. The van der Waals surface area contributed by atoms with E-state index in [1.807, 2.05) is 11.3 Å². The number of nitrogens with one attached hydrogen (secondary N) is 1. The molecule has 2 unspecified atom stereocenters. The minimum absolute atomic E-state index is 0.437. The minimum Gasteiger partial charge on any atom is -0.316 e. The monoisotopic (exact) mass is 294 g/mol. The van der Waals surface area contributed by atoms with E-state index in [2.05, 4.69) is 55.7 Å². The number of hydrogen-bond donors (Lipinski definition) is 1. The molecule has 1 aliphatic rings. The molecule has 0 aromatic carbocycles. The van der Waals surface area contributed by atoms with E-state index in [4.69, 9.17) is 0 Å². The molecule has 114 valence electrons. The standard InChI is InChI=1S/C17H30N2S/c1-17(2)10-5-7-14(16(17)18-3)13-19(4)11-9-15-8-6-12-20-15/h6,8,12,14,16,18H,5,7,9-11,13H2,1-4H3. The highest BCUT2D eigenvalue weighted by Crippen LogP contribution is 2.39. The molecule has 3 heteroatoms. The van der Waals surface area contributed by atoms with Crippen molar-refractivity contribution in [3.05, 3.63) is 22.4 Å². The fourth-order valence-corrected chi connectivity index (χ4v) is 4.55. The van der Waals surface area contributed by atoms with Crippen molar-refractivity contribution in [1.29, 1.82) is 0 Å². The number of nitrogens with zero attached hydrogens (tertiary/aromatic N) is 1. The van der Waals surface area contributed by atoms with Gasteiger partial charge in [0.05, 0.1) is 0 Å². The average Bonchev–Trinajstić information content (AvgIpc) is 2.89. The van der Waals surface area contributed by atoms with Crippen molar-refractivity contribution < 1.29 is 0 Å². The summed E-state index contributed by atoms with van der Waals surface area (Å²) in [7, 11) is 4.41. The molecule has 1 aromatic heterocycles. The highest BCUT2D eigenvalue weighted by atomic mass is 32.1. The second-order valence-corrected chi connectivity index (χ2v) is 8.03. The Morgan fingerprint density at radius 2 is 2.25 bits per heavy atom. The molecule has 0 saturated heterocycles. The van der Waals surface area contributed by atoms with Gasteiger partial charge in [0.15, 0.2) is 0 Å². The molecule has 2 rings (SSSR count). The molecule has 0 aliphatic heterocycles. The van der Waals surface area contributed by atoms with E-state index < -0.39 is 0 Å². The van der Waals surface area contributed by atoms with E-state index in [0.29, 0.717) is 11.5 Å². The van der Waals surface area contributed by atoms with Gasteiger partial charge in [0.1, 0.15) is 0 Å². The van der Waals surface area contributed by atoms with Crippen molar-refractivity contribution in [1.82, 2.24) is 10.2 Å². The summed E-state index contributed by atoms with van der Waals surface area (Å²) in [6.07, 6.45) is 5.30. The number of thiophene rings is 1. The quantitative estimate of drug-likeness (QED) is 0.862. The summed E-state index contributed by atoms with van der Waals surface area (Å²) < 4.78 is 0. The Labute approximate surface area is 128 Å². The summed E-state index contributed by atoms with van der Waals surface area (Å²) in [4.78, 5) is 4.03. The second-order valence-electron chi connectivity index (χ2n) is 7.00. The number of likely N-dealkylation sites (N-methyl/N-ethyl adjacent to an activating group) is 1. The lowest BCUT2D eigenvalue weighted by molar-refractivity contribution is 0.0908. The Balaban J connectivity index is 1.84. The topological polar surface area (TPSA) is 15.3 Å². The molecule has 2 atom stereocenters. The van der Waals surface area contributed by atoms with Gasteiger partial charge in [-0.15, -0.1) is 11.3 Å². The van der Waals surface area contributed by atoms with Gasteiger partial charge in [0.25, 0.3) is 0 Å². The molecule has 1 aliphatic carbocycles. The molecule has 0 amide bonds. The third kappa shape index (κ3) is 4.06. The summed E-state index contributed by atoms with van der Waals surface area (Å²) in [5, 5.41) is 5.77. The van der Waals surface area contributed by atoms with Crippen LogP contribution in [-0.4, -0.2) is 38.1 Å². The van der Waals surface area contributed by atoms with Gasteiger partial charge in [-0.25, -0.2) is 0 Å². The smallest absolute Gasteiger partial charge is 0.0156 e. The van der Waals surface area contributed by atoms with Gasteiger partial charge < -0.3 is 10.2 Å². The van der Waals surface area contributed by atoms with Crippen LogP contribution in [0.4, 0.5) is 0 Å². The average molecular weight is 295 g/mol. The van der Waals surface area contributed by atoms with Gasteiger partial charge in [-0.1, -0.05) is 26.3 Å². The van der Waals surface area contributed by atoms with Gasteiger partial charge >= 0.3 is 0 Å². The van der Waals surface area contributed by atoms with Crippen molar-refractivity contribution in [2.24, 2.45) is 11.3 Å². The summed E-state index contributed by atoms with van der Waals surface area (Å²) in [5.74, 6) is 0.789. The number of rotatable bonds is 6. The molecule has 2 nitrogen and oxygen atoms in total. The first-order chi connectivity index (χ1) is 9.53. The lowest BCUT2D eigenvalue weighted by atomic mass is 9.68. The van der Waals surface area contributed by atoms with Crippen LogP contribution in [0.25, 0.3) is 0 Å². The Kier molecular flexibility index (Phi) is 5.65. The van der Waals surface area contributed by atoms with Crippen molar-refractivity contribution in [2.75, 3.05) is 27.2 Å². The molecular weight excluding hydrogens is 264 g/mol. The Hall–Kier alpha value is -0.380. The van der Waals surface area contributed by atoms with Gasteiger partial charge in [-0.2, -0.15) is 0 Å². The zero-order chi connectivity index (χ0) is 14.6. The molecule has 20 heavy (non-hydrogen) atoms. The predicted octanol–water partition coefficient (Wildman–Crippen LogP) is 3.64. The normalized spacial score (nSPS) is 26.1. The fourth-order valence-electron chi connectivity index (χ4n) is 3.85. The van der Waals surface area contributed by atoms with Crippen LogP contribution in [-0.2, 0) is 6.42 Å². The molecule has 0 bridgehead atoms. The predicted molar refractivity (Wildman–Crippen MR) is 89.5 cm³/mol. The Morgan fingerprint density at radius 1 is 1.45 bits per heavy atom. The molecule has 1 aromatic rings. The fraction of sp³-hybridized carbons (Fsp3) is 0.765. The van der Waals surface area contributed by atoms with Crippen LogP contribution in [0.5, 0.6) is 0 Å². The first-order valence-corrected chi connectivity index (χ1v) is 8.79. The van der Waals surface area contributed by atoms with Gasteiger partial charge in [0.2, 0.25) is 0 Å². The van der Waals surface area contributed by atoms with Gasteiger partial charge in [-0.05, 0) is 56.1 Å². The highest BCUT2D eigenvalue weighted by Gasteiger charge is 2.38. The molecule has 1 heterocycles. The van der Waals surface area contributed by atoms with Crippen LogP contribution >= 0.6 is 11.3 Å². The molecule has 1 saturated carbocycles. The summed E-state index contributed by atoms with van der Waals surface area (Å²) in [5.41, 5.74) is 0.437. The summed E-state index contributed by atoms with van der Waals surface area (Å²) >= 11 is 1.88. The van der Waals surface area contributed by atoms with E-state index in [9.17, 15) is 0 Å². The molecule has 1 fully saturated rings. The van der Waals surface area contributed by atoms with E-state index in [0.717, 1.165) is 5.92 Å². The zero-order valence-electron chi connectivity index (χ0n) is 13.5. The van der Waals surface area contributed by atoms with Crippen LogP contribution in [0, 0.1) is 11.3 Å². The summed E-state index contributed by atoms with van der Waals surface area (Å²) in [6, 6.07) is 5.06. The first kappa shape index (κ1) is 16.0. The largest absolute Gasteiger partial charge is 0.316 e. The highest BCUT2D eigenvalue weighted by molar-refractivity contribution is 7.09. The van der Waals surface area contributed by atoms with Crippen molar-refractivity contribution in [2.45, 2.75) is 45.6 Å². The molecule has 1 N–H and O–H groups in total. The van der Waals surface area contributed by atoms with Crippen molar-refractivity contribution in [3.63, 3.8) is 0 Å². The maximum Gasteiger partial charge on any atom is 0.0156 e.